The van der Waals surface area contributed by atoms with Gasteiger partial charge < -0.3 is 15.2 Å². The van der Waals surface area contributed by atoms with Crippen molar-refractivity contribution in [2.45, 2.75) is 12.5 Å². The number of sulfone groups is 1. The van der Waals surface area contributed by atoms with E-state index in [0.717, 1.165) is 6.26 Å². The number of carbonyl (C=O) groups excluding carboxylic acids is 1. The second kappa shape index (κ2) is 6.71. The first-order valence-electron chi connectivity index (χ1n) is 5.98. The highest BCUT2D eigenvalue weighted by molar-refractivity contribution is 7.90. The number of rotatable bonds is 7. The predicted molar refractivity (Wildman–Crippen MR) is 76.2 cm³/mol. The van der Waals surface area contributed by atoms with Gasteiger partial charge in [-0.2, -0.15) is 0 Å². The Morgan fingerprint density at radius 3 is 2.45 bits per heavy atom. The second-order valence-electron chi connectivity index (χ2n) is 4.46. The molecule has 1 atom stereocenters. The van der Waals surface area contributed by atoms with E-state index in [1.54, 1.807) is 18.2 Å². The average Bonchev–Trinajstić information content (AvgIpc) is 2.42. The van der Waals surface area contributed by atoms with E-state index in [4.69, 9.17) is 15.2 Å². The summed E-state index contributed by atoms with van der Waals surface area (Å²) in [4.78, 5) is 12.2. The Hall–Kier alpha value is -1.60. The third-order valence-electron chi connectivity index (χ3n) is 2.81. The van der Waals surface area contributed by atoms with E-state index in [1.165, 1.54) is 14.2 Å². The summed E-state index contributed by atoms with van der Waals surface area (Å²) in [5, 5.41) is 0. The Morgan fingerprint density at radius 1 is 1.30 bits per heavy atom. The van der Waals surface area contributed by atoms with Gasteiger partial charge in [0.2, 0.25) is 0 Å². The normalized spacial score (nSPS) is 12.8. The SMILES string of the molecule is COc1ccc(C(=O)C(N)CCS(C)(=O)=O)c(OC)c1. The Balaban J connectivity index is 2.91. The van der Waals surface area contributed by atoms with Gasteiger partial charge in [0.1, 0.15) is 21.3 Å². The van der Waals surface area contributed by atoms with Crippen molar-refractivity contribution in [3.8, 4) is 11.5 Å². The van der Waals surface area contributed by atoms with Crippen molar-refractivity contribution in [2.24, 2.45) is 5.73 Å². The zero-order valence-electron chi connectivity index (χ0n) is 11.8. The van der Waals surface area contributed by atoms with Crippen molar-refractivity contribution in [1.82, 2.24) is 0 Å². The van der Waals surface area contributed by atoms with Crippen LogP contribution in [0.5, 0.6) is 11.5 Å². The lowest BCUT2D eigenvalue weighted by molar-refractivity contribution is 0.0956. The monoisotopic (exact) mass is 301 g/mol. The van der Waals surface area contributed by atoms with Crippen LogP contribution in [0.1, 0.15) is 16.8 Å². The van der Waals surface area contributed by atoms with E-state index >= 15 is 0 Å². The molecule has 0 spiro atoms. The second-order valence-corrected chi connectivity index (χ2v) is 6.72. The molecule has 1 aromatic rings. The highest BCUT2D eigenvalue weighted by Gasteiger charge is 2.21. The zero-order valence-corrected chi connectivity index (χ0v) is 12.6. The average molecular weight is 301 g/mol. The molecular weight excluding hydrogens is 282 g/mol. The lowest BCUT2D eigenvalue weighted by Gasteiger charge is -2.13. The van der Waals surface area contributed by atoms with Crippen LogP contribution < -0.4 is 15.2 Å². The first-order valence-corrected chi connectivity index (χ1v) is 8.04. The molecule has 112 valence electrons. The zero-order chi connectivity index (χ0) is 15.3. The smallest absolute Gasteiger partial charge is 0.183 e. The highest BCUT2D eigenvalue weighted by Crippen LogP contribution is 2.25. The number of ketones is 1. The van der Waals surface area contributed by atoms with Crippen molar-refractivity contribution >= 4 is 15.6 Å². The predicted octanol–water partition coefficient (Wildman–Crippen LogP) is 0.649. The highest BCUT2D eigenvalue weighted by atomic mass is 32.2. The van der Waals surface area contributed by atoms with Gasteiger partial charge >= 0.3 is 0 Å². The molecule has 0 aliphatic heterocycles. The molecule has 1 unspecified atom stereocenters. The van der Waals surface area contributed by atoms with Crippen LogP contribution in [0.2, 0.25) is 0 Å². The Kier molecular flexibility index (Phi) is 5.52. The van der Waals surface area contributed by atoms with Gasteiger partial charge in [-0.15, -0.1) is 0 Å². The molecule has 0 aliphatic rings. The third kappa shape index (κ3) is 4.50. The fraction of sp³-hybridized carbons (Fsp3) is 0.462. The van der Waals surface area contributed by atoms with Crippen molar-refractivity contribution < 1.29 is 22.7 Å². The minimum absolute atomic E-state index is 0.0762. The third-order valence-corrected chi connectivity index (χ3v) is 3.79. The summed E-state index contributed by atoms with van der Waals surface area (Å²) < 4.78 is 32.4. The standard InChI is InChI=1S/C13H19NO5S/c1-18-9-4-5-10(12(8-9)19-2)13(15)11(14)6-7-20(3,16)17/h4-5,8,11H,6-7,14H2,1-3H3. The Morgan fingerprint density at radius 2 is 1.95 bits per heavy atom. The summed E-state index contributed by atoms with van der Waals surface area (Å²) in [6.07, 6.45) is 1.19. The first kappa shape index (κ1) is 16.5. The van der Waals surface area contributed by atoms with Gasteiger partial charge in [0.15, 0.2) is 5.78 Å². The van der Waals surface area contributed by atoms with Gasteiger partial charge in [0.25, 0.3) is 0 Å². The van der Waals surface area contributed by atoms with E-state index < -0.39 is 15.9 Å². The molecular formula is C13H19NO5S. The molecule has 0 heterocycles. The fourth-order valence-corrected chi connectivity index (χ4v) is 2.36. The number of ether oxygens (including phenoxy) is 2. The number of hydrogen-bond acceptors (Lipinski definition) is 6. The van der Waals surface area contributed by atoms with Crippen molar-refractivity contribution in [3.05, 3.63) is 23.8 Å². The van der Waals surface area contributed by atoms with Crippen molar-refractivity contribution in [3.63, 3.8) is 0 Å². The van der Waals surface area contributed by atoms with Crippen molar-refractivity contribution in [1.29, 1.82) is 0 Å². The minimum atomic E-state index is -3.14. The van der Waals surface area contributed by atoms with Crippen LogP contribution in [0.4, 0.5) is 0 Å². The molecule has 0 bridgehead atoms. The van der Waals surface area contributed by atoms with Crippen LogP contribution in [0.3, 0.4) is 0 Å². The van der Waals surface area contributed by atoms with Gasteiger partial charge in [-0.3, -0.25) is 4.79 Å². The molecule has 0 aliphatic carbocycles. The minimum Gasteiger partial charge on any atom is -0.497 e. The van der Waals surface area contributed by atoms with Gasteiger partial charge in [0, 0.05) is 12.3 Å². The molecule has 1 aromatic carbocycles. The van der Waals surface area contributed by atoms with E-state index in [-0.39, 0.29) is 18.0 Å². The summed E-state index contributed by atoms with van der Waals surface area (Å²) in [5.41, 5.74) is 6.06. The summed E-state index contributed by atoms with van der Waals surface area (Å²) in [6, 6.07) is 3.88. The molecule has 0 saturated heterocycles. The summed E-state index contributed by atoms with van der Waals surface area (Å²) in [6.45, 7) is 0. The number of hydrogen-bond donors (Lipinski definition) is 1. The van der Waals surface area contributed by atoms with E-state index in [1.807, 2.05) is 0 Å². The first-order chi connectivity index (χ1) is 9.28. The van der Waals surface area contributed by atoms with Crippen LogP contribution in [0.15, 0.2) is 18.2 Å². The summed E-state index contributed by atoms with van der Waals surface area (Å²) in [5.74, 6) is 0.429. The Bertz CT molecular complexity index is 582. The van der Waals surface area contributed by atoms with Gasteiger partial charge in [0.05, 0.1) is 31.6 Å². The molecule has 0 saturated carbocycles. The number of methoxy groups -OCH3 is 2. The van der Waals surface area contributed by atoms with E-state index in [9.17, 15) is 13.2 Å². The maximum atomic E-state index is 12.2. The van der Waals surface area contributed by atoms with Crippen molar-refractivity contribution in [2.75, 3.05) is 26.2 Å². The molecule has 0 amide bonds. The maximum absolute atomic E-state index is 12.2. The molecule has 0 radical (unpaired) electrons. The molecule has 20 heavy (non-hydrogen) atoms. The van der Waals surface area contributed by atoms with Gasteiger partial charge in [-0.1, -0.05) is 0 Å². The summed E-state index contributed by atoms with van der Waals surface area (Å²) in [7, 11) is -0.199. The quantitative estimate of drug-likeness (QED) is 0.743. The molecule has 6 nitrogen and oxygen atoms in total. The van der Waals surface area contributed by atoms with Crippen LogP contribution in [0, 0.1) is 0 Å². The van der Waals surface area contributed by atoms with E-state index in [0.29, 0.717) is 17.1 Å². The molecule has 7 heteroatoms. The number of nitrogens with two attached hydrogens (primary N) is 1. The largest absolute Gasteiger partial charge is 0.497 e. The topological polar surface area (TPSA) is 95.7 Å². The summed E-state index contributed by atoms with van der Waals surface area (Å²) >= 11 is 0. The van der Waals surface area contributed by atoms with Crippen LogP contribution >= 0.6 is 0 Å². The molecule has 1 rings (SSSR count). The van der Waals surface area contributed by atoms with Crippen LogP contribution in [-0.2, 0) is 9.84 Å². The fourth-order valence-electron chi connectivity index (χ4n) is 1.67. The number of benzene rings is 1. The van der Waals surface area contributed by atoms with Crippen LogP contribution in [0.25, 0.3) is 0 Å². The van der Waals surface area contributed by atoms with Gasteiger partial charge in [-0.05, 0) is 18.6 Å². The molecule has 2 N–H and O–H groups in total. The number of carbonyl (C=O) groups is 1. The van der Waals surface area contributed by atoms with E-state index in [2.05, 4.69) is 0 Å². The van der Waals surface area contributed by atoms with Crippen LogP contribution in [-0.4, -0.2) is 46.5 Å². The Labute approximate surface area is 118 Å². The maximum Gasteiger partial charge on any atom is 0.183 e. The molecule has 0 aromatic heterocycles. The lowest BCUT2D eigenvalue weighted by atomic mass is 10.0. The number of Topliss-reactive ketones (excluding diaryl/α,β-unsaturated/α-hetero) is 1. The lowest BCUT2D eigenvalue weighted by Crippen LogP contribution is -2.32. The molecule has 0 fully saturated rings. The van der Waals surface area contributed by atoms with Gasteiger partial charge in [-0.25, -0.2) is 8.42 Å².